The number of aromatic nitrogens is 2. The molecule has 0 spiro atoms. The summed E-state index contributed by atoms with van der Waals surface area (Å²) >= 11 is 1.77. The highest BCUT2D eigenvalue weighted by Crippen LogP contribution is 2.25. The molecule has 1 atom stereocenters. The predicted molar refractivity (Wildman–Crippen MR) is 80.0 cm³/mol. The third kappa shape index (κ3) is 4.35. The van der Waals surface area contributed by atoms with E-state index in [9.17, 15) is 0 Å². The van der Waals surface area contributed by atoms with Gasteiger partial charge in [-0.15, -0.1) is 11.8 Å². The summed E-state index contributed by atoms with van der Waals surface area (Å²) in [6.45, 7) is 8.12. The Morgan fingerprint density at radius 1 is 1.47 bits per heavy atom. The number of nitrogens with one attached hydrogen (secondary N) is 1. The van der Waals surface area contributed by atoms with Gasteiger partial charge in [0.05, 0.1) is 6.10 Å². The van der Waals surface area contributed by atoms with Gasteiger partial charge in [-0.3, -0.25) is 0 Å². The lowest BCUT2D eigenvalue weighted by Gasteiger charge is -2.12. The van der Waals surface area contributed by atoms with Crippen LogP contribution in [-0.2, 0) is 4.74 Å². The summed E-state index contributed by atoms with van der Waals surface area (Å²) in [5, 5.41) is 4.32. The topological polar surface area (TPSA) is 47.0 Å². The fraction of sp³-hybridized carbons (Fsp3) is 0.714. The van der Waals surface area contributed by atoms with Gasteiger partial charge in [0.1, 0.15) is 16.7 Å². The molecule has 4 nitrogen and oxygen atoms in total. The Balaban J connectivity index is 2.04. The summed E-state index contributed by atoms with van der Waals surface area (Å²) in [6.07, 6.45) is 2.76. The first-order valence-electron chi connectivity index (χ1n) is 7.06. The van der Waals surface area contributed by atoms with Crippen LogP contribution in [0, 0.1) is 0 Å². The molecule has 106 valence electrons. The van der Waals surface area contributed by atoms with Crippen LogP contribution in [0.5, 0.6) is 0 Å². The Hall–Kier alpha value is -0.810. The van der Waals surface area contributed by atoms with Gasteiger partial charge in [-0.2, -0.15) is 0 Å². The van der Waals surface area contributed by atoms with Crippen molar-refractivity contribution in [2.24, 2.45) is 0 Å². The molecule has 0 amide bonds. The van der Waals surface area contributed by atoms with Crippen molar-refractivity contribution in [2.45, 2.75) is 50.7 Å². The van der Waals surface area contributed by atoms with Gasteiger partial charge in [0.15, 0.2) is 0 Å². The minimum Gasteiger partial charge on any atom is -0.377 e. The van der Waals surface area contributed by atoms with Crippen LogP contribution in [0.25, 0.3) is 0 Å². The van der Waals surface area contributed by atoms with Crippen LogP contribution in [0.15, 0.2) is 11.1 Å². The Labute approximate surface area is 119 Å². The molecule has 2 rings (SSSR count). The van der Waals surface area contributed by atoms with Gasteiger partial charge < -0.3 is 10.1 Å². The highest BCUT2D eigenvalue weighted by Gasteiger charge is 2.16. The zero-order valence-electron chi connectivity index (χ0n) is 12.0. The van der Waals surface area contributed by atoms with Crippen molar-refractivity contribution in [2.75, 3.05) is 24.2 Å². The van der Waals surface area contributed by atoms with Crippen molar-refractivity contribution in [1.82, 2.24) is 9.97 Å². The number of ether oxygens (including phenoxy) is 1. The van der Waals surface area contributed by atoms with Gasteiger partial charge >= 0.3 is 0 Å². The lowest BCUT2D eigenvalue weighted by Crippen LogP contribution is -2.09. The van der Waals surface area contributed by atoms with Crippen LogP contribution < -0.4 is 5.32 Å². The van der Waals surface area contributed by atoms with E-state index in [1.807, 2.05) is 6.07 Å². The molecule has 1 aromatic heterocycles. The summed E-state index contributed by atoms with van der Waals surface area (Å²) in [6, 6.07) is 2.04. The number of anilines is 1. The second kappa shape index (κ2) is 7.10. The van der Waals surface area contributed by atoms with Crippen molar-refractivity contribution < 1.29 is 4.74 Å². The Morgan fingerprint density at radius 2 is 2.32 bits per heavy atom. The summed E-state index contributed by atoms with van der Waals surface area (Å²) in [7, 11) is 0. The van der Waals surface area contributed by atoms with E-state index in [-0.39, 0.29) is 0 Å². The molecule has 0 bridgehead atoms. The van der Waals surface area contributed by atoms with E-state index < -0.39 is 0 Å². The Kier molecular flexibility index (Phi) is 5.45. The largest absolute Gasteiger partial charge is 0.377 e. The Morgan fingerprint density at radius 3 is 2.95 bits per heavy atom. The molecule has 1 saturated heterocycles. The van der Waals surface area contributed by atoms with E-state index in [1.54, 1.807) is 11.8 Å². The molecule has 0 aromatic carbocycles. The summed E-state index contributed by atoms with van der Waals surface area (Å²) in [5.41, 5.74) is 0. The fourth-order valence-corrected chi connectivity index (χ4v) is 2.97. The van der Waals surface area contributed by atoms with Crippen molar-refractivity contribution >= 4 is 17.6 Å². The summed E-state index contributed by atoms with van der Waals surface area (Å²) < 4.78 is 5.65. The van der Waals surface area contributed by atoms with Crippen LogP contribution in [0.3, 0.4) is 0 Å². The summed E-state index contributed by atoms with van der Waals surface area (Å²) in [4.78, 5) is 9.17. The van der Waals surface area contributed by atoms with Crippen LogP contribution in [-0.4, -0.2) is 35.0 Å². The zero-order valence-corrected chi connectivity index (χ0v) is 12.8. The van der Waals surface area contributed by atoms with Crippen LogP contribution >= 0.6 is 11.8 Å². The molecule has 2 heterocycles. The molecule has 5 heteroatoms. The highest BCUT2D eigenvalue weighted by molar-refractivity contribution is 7.99. The molecule has 19 heavy (non-hydrogen) atoms. The van der Waals surface area contributed by atoms with Gasteiger partial charge in [-0.05, 0) is 19.8 Å². The van der Waals surface area contributed by atoms with Gasteiger partial charge in [-0.1, -0.05) is 13.8 Å². The van der Waals surface area contributed by atoms with E-state index in [1.165, 1.54) is 12.8 Å². The van der Waals surface area contributed by atoms with Crippen molar-refractivity contribution in [3.63, 3.8) is 0 Å². The SMILES string of the molecule is CCNc1cc(SCC2CCCO2)nc(C(C)C)n1. The first kappa shape index (κ1) is 14.6. The molecule has 0 radical (unpaired) electrons. The molecule has 1 N–H and O–H groups in total. The highest BCUT2D eigenvalue weighted by atomic mass is 32.2. The van der Waals surface area contributed by atoms with Crippen molar-refractivity contribution in [3.8, 4) is 0 Å². The first-order chi connectivity index (χ1) is 9.19. The maximum absolute atomic E-state index is 5.65. The lowest BCUT2D eigenvalue weighted by molar-refractivity contribution is 0.129. The number of rotatable bonds is 6. The van der Waals surface area contributed by atoms with E-state index in [0.717, 1.165) is 35.6 Å². The monoisotopic (exact) mass is 281 g/mol. The van der Waals surface area contributed by atoms with Gasteiger partial charge in [0.2, 0.25) is 0 Å². The Bertz CT molecular complexity index is 406. The molecule has 1 unspecified atom stereocenters. The van der Waals surface area contributed by atoms with E-state index in [2.05, 4.69) is 36.1 Å². The van der Waals surface area contributed by atoms with Gasteiger partial charge in [0.25, 0.3) is 0 Å². The van der Waals surface area contributed by atoms with Crippen molar-refractivity contribution in [3.05, 3.63) is 11.9 Å². The van der Waals surface area contributed by atoms with Crippen LogP contribution in [0.4, 0.5) is 5.82 Å². The van der Waals surface area contributed by atoms with Crippen LogP contribution in [0.1, 0.15) is 45.4 Å². The first-order valence-corrected chi connectivity index (χ1v) is 8.05. The number of nitrogens with zero attached hydrogens (tertiary/aromatic N) is 2. The van der Waals surface area contributed by atoms with E-state index in [0.29, 0.717) is 12.0 Å². The minimum atomic E-state index is 0.348. The third-order valence-electron chi connectivity index (χ3n) is 3.04. The maximum atomic E-state index is 5.65. The average Bonchev–Trinajstić information content (AvgIpc) is 2.89. The average molecular weight is 281 g/mol. The second-order valence-electron chi connectivity index (χ2n) is 5.08. The third-order valence-corrected chi connectivity index (χ3v) is 4.08. The van der Waals surface area contributed by atoms with E-state index in [4.69, 9.17) is 4.74 Å². The molecule has 1 aromatic rings. The standard InChI is InChI=1S/C14H23N3OS/c1-4-15-12-8-13(17-14(16-12)10(2)3)19-9-11-6-5-7-18-11/h8,10-11H,4-7,9H2,1-3H3,(H,15,16,17). The number of hydrogen-bond donors (Lipinski definition) is 1. The quantitative estimate of drug-likeness (QED) is 0.640. The lowest BCUT2D eigenvalue weighted by atomic mass is 10.2. The predicted octanol–water partition coefficient (Wildman–Crippen LogP) is 3.30. The van der Waals surface area contributed by atoms with E-state index >= 15 is 0 Å². The molecule has 1 fully saturated rings. The minimum absolute atomic E-state index is 0.348. The molecule has 0 aliphatic carbocycles. The number of thioether (sulfide) groups is 1. The smallest absolute Gasteiger partial charge is 0.134 e. The molecule has 1 aliphatic heterocycles. The van der Waals surface area contributed by atoms with Crippen LogP contribution in [0.2, 0.25) is 0 Å². The second-order valence-corrected chi connectivity index (χ2v) is 6.12. The van der Waals surface area contributed by atoms with Gasteiger partial charge in [0, 0.05) is 30.9 Å². The van der Waals surface area contributed by atoms with Gasteiger partial charge in [-0.25, -0.2) is 9.97 Å². The van der Waals surface area contributed by atoms with Crippen molar-refractivity contribution in [1.29, 1.82) is 0 Å². The zero-order chi connectivity index (χ0) is 13.7. The fourth-order valence-electron chi connectivity index (χ4n) is 2.00. The summed E-state index contributed by atoms with van der Waals surface area (Å²) in [5.74, 6) is 3.17. The molecular formula is C14H23N3OS. The molecular weight excluding hydrogens is 258 g/mol. The normalized spacial score (nSPS) is 19.1. The number of hydrogen-bond acceptors (Lipinski definition) is 5. The molecule has 1 aliphatic rings. The maximum Gasteiger partial charge on any atom is 0.134 e. The molecule has 0 saturated carbocycles.